The van der Waals surface area contributed by atoms with Crippen molar-refractivity contribution < 1.29 is 0 Å². The van der Waals surface area contributed by atoms with E-state index in [2.05, 4.69) is 35.4 Å². The number of nitrogens with zero attached hydrogens (tertiary/aromatic N) is 2. The summed E-state index contributed by atoms with van der Waals surface area (Å²) in [5, 5.41) is 4.79. The number of hydrogen-bond donors (Lipinski definition) is 1. The Hall–Kier alpha value is -1.30. The molecule has 0 bridgehead atoms. The second kappa shape index (κ2) is 6.43. The minimum absolute atomic E-state index is 0.322. The highest BCUT2D eigenvalue weighted by Crippen LogP contribution is 2.27. The first-order valence-electron chi connectivity index (χ1n) is 6.83. The SMILES string of the molecule is CCCNC(Cc1nc2ccccc2s1)c1cncs1. The van der Waals surface area contributed by atoms with E-state index in [9.17, 15) is 0 Å². The molecule has 0 spiro atoms. The summed E-state index contributed by atoms with van der Waals surface area (Å²) >= 11 is 3.50. The maximum absolute atomic E-state index is 4.73. The van der Waals surface area contributed by atoms with Crippen LogP contribution < -0.4 is 5.32 Å². The Bertz CT molecular complexity index is 628. The minimum atomic E-state index is 0.322. The van der Waals surface area contributed by atoms with Crippen LogP contribution in [0.3, 0.4) is 0 Å². The van der Waals surface area contributed by atoms with Crippen molar-refractivity contribution in [3.63, 3.8) is 0 Å². The van der Waals surface area contributed by atoms with Gasteiger partial charge in [0.05, 0.1) is 20.7 Å². The molecule has 0 aliphatic heterocycles. The summed E-state index contributed by atoms with van der Waals surface area (Å²) in [7, 11) is 0. The molecule has 1 aromatic carbocycles. The Morgan fingerprint density at radius 3 is 2.95 bits per heavy atom. The van der Waals surface area contributed by atoms with Crippen molar-refractivity contribution in [2.45, 2.75) is 25.8 Å². The number of benzene rings is 1. The molecular formula is C15H17N3S2. The van der Waals surface area contributed by atoms with E-state index in [0.29, 0.717) is 6.04 Å². The highest BCUT2D eigenvalue weighted by atomic mass is 32.1. The van der Waals surface area contributed by atoms with Gasteiger partial charge < -0.3 is 5.32 Å². The third-order valence-electron chi connectivity index (χ3n) is 3.15. The zero-order chi connectivity index (χ0) is 13.8. The fourth-order valence-electron chi connectivity index (χ4n) is 2.17. The molecular weight excluding hydrogens is 286 g/mol. The predicted molar refractivity (Wildman–Crippen MR) is 86.5 cm³/mol. The Kier molecular flexibility index (Phi) is 4.40. The lowest BCUT2D eigenvalue weighted by Gasteiger charge is -2.15. The van der Waals surface area contributed by atoms with Gasteiger partial charge in [0.25, 0.3) is 0 Å². The topological polar surface area (TPSA) is 37.8 Å². The van der Waals surface area contributed by atoms with Crippen LogP contribution in [0, 0.1) is 0 Å². The number of thiazole rings is 2. The minimum Gasteiger partial charge on any atom is -0.309 e. The van der Waals surface area contributed by atoms with Gasteiger partial charge in [-0.05, 0) is 25.1 Å². The van der Waals surface area contributed by atoms with E-state index < -0.39 is 0 Å². The second-order valence-corrected chi connectivity index (χ2v) is 6.72. The molecule has 3 rings (SSSR count). The Balaban J connectivity index is 1.81. The molecule has 0 aliphatic rings. The summed E-state index contributed by atoms with van der Waals surface area (Å²) in [6.07, 6.45) is 4.03. The van der Waals surface area contributed by atoms with Gasteiger partial charge in [0.15, 0.2) is 0 Å². The first kappa shape index (κ1) is 13.7. The average Bonchev–Trinajstić information content (AvgIpc) is 3.11. The molecule has 1 atom stereocenters. The lowest BCUT2D eigenvalue weighted by molar-refractivity contribution is 0.535. The molecule has 0 saturated carbocycles. The first-order valence-corrected chi connectivity index (χ1v) is 8.52. The van der Waals surface area contributed by atoms with Crippen LogP contribution in [-0.4, -0.2) is 16.5 Å². The number of aromatic nitrogens is 2. The molecule has 20 heavy (non-hydrogen) atoms. The fourth-order valence-corrected chi connectivity index (χ4v) is 3.88. The monoisotopic (exact) mass is 303 g/mol. The van der Waals surface area contributed by atoms with Crippen molar-refractivity contribution in [2.75, 3.05) is 6.54 Å². The first-order chi connectivity index (χ1) is 9.86. The van der Waals surface area contributed by atoms with E-state index in [1.165, 1.54) is 14.6 Å². The van der Waals surface area contributed by atoms with Crippen molar-refractivity contribution in [2.24, 2.45) is 0 Å². The van der Waals surface area contributed by atoms with Crippen molar-refractivity contribution in [3.8, 4) is 0 Å². The van der Waals surface area contributed by atoms with Crippen LogP contribution in [0.2, 0.25) is 0 Å². The molecule has 5 heteroatoms. The van der Waals surface area contributed by atoms with E-state index in [1.807, 2.05) is 17.8 Å². The van der Waals surface area contributed by atoms with E-state index in [1.54, 1.807) is 22.7 Å². The normalized spacial score (nSPS) is 12.8. The van der Waals surface area contributed by atoms with Crippen LogP contribution in [-0.2, 0) is 6.42 Å². The van der Waals surface area contributed by atoms with Gasteiger partial charge in [-0.15, -0.1) is 22.7 Å². The Morgan fingerprint density at radius 2 is 2.20 bits per heavy atom. The molecule has 3 nitrogen and oxygen atoms in total. The van der Waals surface area contributed by atoms with E-state index in [0.717, 1.165) is 24.9 Å². The summed E-state index contributed by atoms with van der Waals surface area (Å²) in [6, 6.07) is 8.65. The van der Waals surface area contributed by atoms with E-state index in [4.69, 9.17) is 4.98 Å². The summed E-state index contributed by atoms with van der Waals surface area (Å²) in [6.45, 7) is 3.21. The van der Waals surface area contributed by atoms with Gasteiger partial charge >= 0.3 is 0 Å². The largest absolute Gasteiger partial charge is 0.309 e. The van der Waals surface area contributed by atoms with Crippen LogP contribution >= 0.6 is 22.7 Å². The van der Waals surface area contributed by atoms with Crippen LogP contribution in [0.25, 0.3) is 10.2 Å². The van der Waals surface area contributed by atoms with Gasteiger partial charge in [0.1, 0.15) is 0 Å². The van der Waals surface area contributed by atoms with Crippen molar-refractivity contribution in [1.82, 2.24) is 15.3 Å². The van der Waals surface area contributed by atoms with E-state index >= 15 is 0 Å². The molecule has 104 valence electrons. The molecule has 0 amide bonds. The molecule has 0 aliphatic carbocycles. The highest BCUT2D eigenvalue weighted by molar-refractivity contribution is 7.18. The summed E-state index contributed by atoms with van der Waals surface area (Å²) < 4.78 is 1.26. The maximum Gasteiger partial charge on any atom is 0.0957 e. The quantitative estimate of drug-likeness (QED) is 0.747. The third kappa shape index (κ3) is 3.06. The third-order valence-corrected chi connectivity index (χ3v) is 5.10. The fraction of sp³-hybridized carbons (Fsp3) is 0.333. The number of para-hydroxylation sites is 1. The van der Waals surface area contributed by atoms with Gasteiger partial charge in [-0.2, -0.15) is 0 Å². The van der Waals surface area contributed by atoms with Crippen molar-refractivity contribution in [1.29, 1.82) is 0 Å². The Morgan fingerprint density at radius 1 is 1.30 bits per heavy atom. The van der Waals surface area contributed by atoms with Gasteiger partial charge in [0.2, 0.25) is 0 Å². The lowest BCUT2D eigenvalue weighted by Crippen LogP contribution is -2.23. The molecule has 3 aromatic rings. The summed E-state index contributed by atoms with van der Waals surface area (Å²) in [4.78, 5) is 10.2. The molecule has 1 N–H and O–H groups in total. The van der Waals surface area contributed by atoms with Crippen molar-refractivity contribution in [3.05, 3.63) is 45.9 Å². The zero-order valence-corrected chi connectivity index (χ0v) is 13.0. The van der Waals surface area contributed by atoms with Gasteiger partial charge in [-0.3, -0.25) is 4.98 Å². The predicted octanol–water partition coefficient (Wildman–Crippen LogP) is 4.04. The number of fused-ring (bicyclic) bond motifs is 1. The highest BCUT2D eigenvalue weighted by Gasteiger charge is 2.15. The second-order valence-electron chi connectivity index (χ2n) is 4.69. The van der Waals surface area contributed by atoms with E-state index in [-0.39, 0.29) is 0 Å². The van der Waals surface area contributed by atoms with Gasteiger partial charge in [-0.1, -0.05) is 19.1 Å². The molecule has 0 fully saturated rings. The number of rotatable bonds is 6. The average molecular weight is 303 g/mol. The Labute approximate surface area is 126 Å². The smallest absolute Gasteiger partial charge is 0.0957 e. The molecule has 0 radical (unpaired) electrons. The van der Waals surface area contributed by atoms with Crippen LogP contribution in [0.15, 0.2) is 36.0 Å². The number of nitrogens with one attached hydrogen (secondary N) is 1. The molecule has 1 unspecified atom stereocenters. The molecule has 2 heterocycles. The molecule has 2 aromatic heterocycles. The standard InChI is InChI=1S/C15H17N3S2/c1-2-7-17-12(14-9-16-10-19-14)8-15-18-11-5-3-4-6-13(11)20-15/h3-6,9-10,12,17H,2,7-8H2,1H3. The van der Waals surface area contributed by atoms with Gasteiger partial charge in [0, 0.05) is 23.5 Å². The zero-order valence-electron chi connectivity index (χ0n) is 11.4. The summed E-state index contributed by atoms with van der Waals surface area (Å²) in [5.74, 6) is 0. The maximum atomic E-state index is 4.73. The number of hydrogen-bond acceptors (Lipinski definition) is 5. The van der Waals surface area contributed by atoms with Crippen LogP contribution in [0.1, 0.15) is 29.3 Å². The lowest BCUT2D eigenvalue weighted by atomic mass is 10.2. The summed E-state index contributed by atoms with van der Waals surface area (Å²) in [5.41, 5.74) is 3.00. The van der Waals surface area contributed by atoms with Crippen LogP contribution in [0.4, 0.5) is 0 Å². The van der Waals surface area contributed by atoms with Crippen LogP contribution in [0.5, 0.6) is 0 Å². The van der Waals surface area contributed by atoms with Gasteiger partial charge in [-0.25, -0.2) is 4.98 Å². The van der Waals surface area contributed by atoms with Crippen molar-refractivity contribution >= 4 is 32.9 Å². The molecule has 0 saturated heterocycles.